The van der Waals surface area contributed by atoms with E-state index in [1.54, 1.807) is 24.3 Å². The van der Waals surface area contributed by atoms with E-state index >= 15 is 0 Å². The number of nitrogen functional groups attached to an aromatic ring is 1. The molecule has 1 heterocycles. The molecule has 2 rings (SSSR count). The third kappa shape index (κ3) is 2.63. The Labute approximate surface area is 103 Å². The summed E-state index contributed by atoms with van der Waals surface area (Å²) in [5, 5.41) is 8.83. The summed E-state index contributed by atoms with van der Waals surface area (Å²) in [6.45, 7) is 0. The number of nitrogens with two attached hydrogens (primary N) is 1. The van der Waals surface area contributed by atoms with Gasteiger partial charge in [0.05, 0.1) is 12.1 Å². The van der Waals surface area contributed by atoms with Crippen molar-refractivity contribution in [2.75, 3.05) is 5.73 Å². The molecule has 5 heteroatoms. The molecule has 1 aromatic carbocycles. The molecule has 0 fully saturated rings. The van der Waals surface area contributed by atoms with Crippen LogP contribution in [-0.2, 0) is 11.2 Å². The third-order valence-electron chi connectivity index (χ3n) is 2.47. The number of benzene rings is 1. The van der Waals surface area contributed by atoms with E-state index < -0.39 is 5.97 Å². The van der Waals surface area contributed by atoms with Crippen LogP contribution in [0.3, 0.4) is 0 Å². The number of anilines is 1. The van der Waals surface area contributed by atoms with Gasteiger partial charge in [-0.2, -0.15) is 0 Å². The zero-order valence-corrected chi connectivity index (χ0v) is 9.43. The molecule has 2 aromatic rings. The summed E-state index contributed by atoms with van der Waals surface area (Å²) in [6.07, 6.45) is -0.224. The Hall–Kier alpha value is -2.43. The summed E-state index contributed by atoms with van der Waals surface area (Å²) in [7, 11) is 0. The largest absolute Gasteiger partial charge is 0.481 e. The van der Waals surface area contributed by atoms with E-state index in [1.807, 2.05) is 0 Å². The van der Waals surface area contributed by atoms with Crippen molar-refractivity contribution < 1.29 is 14.3 Å². The highest BCUT2D eigenvalue weighted by atomic mass is 19.1. The van der Waals surface area contributed by atoms with E-state index in [2.05, 4.69) is 4.98 Å². The number of halogens is 1. The number of carbonyl (C=O) groups is 1. The van der Waals surface area contributed by atoms with Crippen LogP contribution in [0.4, 0.5) is 10.2 Å². The summed E-state index contributed by atoms with van der Waals surface area (Å²) in [6, 6.07) is 9.06. The number of nitrogens with zero attached hydrogens (tertiary/aromatic N) is 1. The standard InChI is InChI=1S/C13H11FN2O2/c14-9-3-1-8(2-4-9)10-5-6-12(15)16-11(10)7-13(17)18/h1-6H,7H2,(H2,15,16)(H,17,18). The van der Waals surface area contributed by atoms with Gasteiger partial charge in [-0.05, 0) is 29.8 Å². The van der Waals surface area contributed by atoms with Crippen molar-refractivity contribution in [2.24, 2.45) is 0 Å². The average Bonchev–Trinajstić information content (AvgIpc) is 2.30. The first kappa shape index (κ1) is 12.0. The molecule has 0 atom stereocenters. The van der Waals surface area contributed by atoms with Crippen LogP contribution >= 0.6 is 0 Å². The Morgan fingerprint density at radius 3 is 2.50 bits per heavy atom. The minimum Gasteiger partial charge on any atom is -0.481 e. The molecule has 0 bridgehead atoms. The summed E-state index contributed by atoms with van der Waals surface area (Å²) in [5.41, 5.74) is 7.26. The van der Waals surface area contributed by atoms with Gasteiger partial charge in [-0.15, -0.1) is 0 Å². The van der Waals surface area contributed by atoms with Crippen LogP contribution in [0.2, 0.25) is 0 Å². The van der Waals surface area contributed by atoms with Gasteiger partial charge in [-0.25, -0.2) is 9.37 Å². The lowest BCUT2D eigenvalue weighted by molar-refractivity contribution is -0.136. The lowest BCUT2D eigenvalue weighted by Crippen LogP contribution is -2.06. The first-order valence-corrected chi connectivity index (χ1v) is 5.29. The Kier molecular flexibility index (Phi) is 3.23. The molecule has 0 aliphatic rings. The van der Waals surface area contributed by atoms with Crippen LogP contribution in [0.5, 0.6) is 0 Å². The Morgan fingerprint density at radius 2 is 1.89 bits per heavy atom. The van der Waals surface area contributed by atoms with Crippen LogP contribution in [-0.4, -0.2) is 16.1 Å². The van der Waals surface area contributed by atoms with Crippen LogP contribution in [0, 0.1) is 5.82 Å². The van der Waals surface area contributed by atoms with E-state index in [0.29, 0.717) is 16.8 Å². The highest BCUT2D eigenvalue weighted by Gasteiger charge is 2.11. The number of hydrogen-bond donors (Lipinski definition) is 2. The van der Waals surface area contributed by atoms with Gasteiger partial charge in [-0.1, -0.05) is 12.1 Å². The van der Waals surface area contributed by atoms with Crippen LogP contribution in [0.1, 0.15) is 5.69 Å². The minimum absolute atomic E-state index is 0.224. The Balaban J connectivity index is 2.49. The number of rotatable bonds is 3. The number of aliphatic carboxylic acids is 1. The molecule has 0 radical (unpaired) electrons. The summed E-state index contributed by atoms with van der Waals surface area (Å²) in [5.74, 6) is -1.07. The number of hydrogen-bond acceptors (Lipinski definition) is 3. The quantitative estimate of drug-likeness (QED) is 0.869. The SMILES string of the molecule is Nc1ccc(-c2ccc(F)cc2)c(CC(=O)O)n1. The average molecular weight is 246 g/mol. The lowest BCUT2D eigenvalue weighted by atomic mass is 10.0. The van der Waals surface area contributed by atoms with Gasteiger partial charge in [0.25, 0.3) is 0 Å². The molecule has 0 amide bonds. The maximum atomic E-state index is 12.8. The predicted molar refractivity (Wildman–Crippen MR) is 65.4 cm³/mol. The molecule has 0 spiro atoms. The highest BCUT2D eigenvalue weighted by Crippen LogP contribution is 2.24. The molecule has 92 valence electrons. The zero-order valence-electron chi connectivity index (χ0n) is 9.43. The minimum atomic E-state index is -0.989. The number of pyridine rings is 1. The second-order valence-electron chi connectivity index (χ2n) is 3.81. The van der Waals surface area contributed by atoms with E-state index in [1.165, 1.54) is 12.1 Å². The fourth-order valence-corrected chi connectivity index (χ4v) is 1.69. The number of carboxylic acids is 1. The van der Waals surface area contributed by atoms with Crippen LogP contribution in [0.25, 0.3) is 11.1 Å². The molecular weight excluding hydrogens is 235 g/mol. The maximum Gasteiger partial charge on any atom is 0.309 e. The van der Waals surface area contributed by atoms with Gasteiger partial charge < -0.3 is 10.8 Å². The van der Waals surface area contributed by atoms with Gasteiger partial charge in [0.2, 0.25) is 0 Å². The topological polar surface area (TPSA) is 76.2 Å². The normalized spacial score (nSPS) is 10.3. The van der Waals surface area contributed by atoms with Gasteiger partial charge >= 0.3 is 5.97 Å². The molecule has 0 aliphatic carbocycles. The van der Waals surface area contributed by atoms with Crippen LogP contribution < -0.4 is 5.73 Å². The van der Waals surface area contributed by atoms with Crippen molar-refractivity contribution in [3.63, 3.8) is 0 Å². The zero-order chi connectivity index (χ0) is 13.1. The van der Waals surface area contributed by atoms with E-state index in [4.69, 9.17) is 10.8 Å². The summed E-state index contributed by atoms with van der Waals surface area (Å²) >= 11 is 0. The second kappa shape index (κ2) is 4.83. The first-order chi connectivity index (χ1) is 8.56. The predicted octanol–water partition coefficient (Wildman–Crippen LogP) is 2.10. The highest BCUT2D eigenvalue weighted by molar-refractivity contribution is 5.76. The molecule has 3 N–H and O–H groups in total. The van der Waals surface area contributed by atoms with Crippen molar-refractivity contribution in [1.82, 2.24) is 4.98 Å². The molecule has 0 unspecified atom stereocenters. The monoisotopic (exact) mass is 246 g/mol. The van der Waals surface area contributed by atoms with Crippen LogP contribution in [0.15, 0.2) is 36.4 Å². The van der Waals surface area contributed by atoms with Gasteiger partial charge in [0.15, 0.2) is 0 Å². The van der Waals surface area contributed by atoms with Gasteiger partial charge in [0.1, 0.15) is 11.6 Å². The second-order valence-corrected chi connectivity index (χ2v) is 3.81. The van der Waals surface area contributed by atoms with E-state index in [0.717, 1.165) is 0 Å². The molecular formula is C13H11FN2O2. The molecule has 4 nitrogen and oxygen atoms in total. The Bertz CT molecular complexity index is 582. The van der Waals surface area contributed by atoms with Gasteiger partial charge in [-0.3, -0.25) is 4.79 Å². The van der Waals surface area contributed by atoms with Crippen molar-refractivity contribution in [3.8, 4) is 11.1 Å². The van der Waals surface area contributed by atoms with Crippen molar-refractivity contribution in [2.45, 2.75) is 6.42 Å². The Morgan fingerprint density at radius 1 is 1.22 bits per heavy atom. The lowest BCUT2D eigenvalue weighted by Gasteiger charge is -2.08. The number of carboxylic acid groups (broad SMARTS) is 1. The van der Waals surface area contributed by atoms with Crippen molar-refractivity contribution in [3.05, 3.63) is 47.9 Å². The fraction of sp³-hybridized carbons (Fsp3) is 0.0769. The maximum absolute atomic E-state index is 12.8. The molecule has 0 aliphatic heterocycles. The fourth-order valence-electron chi connectivity index (χ4n) is 1.69. The van der Waals surface area contributed by atoms with Crippen molar-refractivity contribution in [1.29, 1.82) is 0 Å². The molecule has 18 heavy (non-hydrogen) atoms. The van der Waals surface area contributed by atoms with E-state index in [-0.39, 0.29) is 18.1 Å². The first-order valence-electron chi connectivity index (χ1n) is 5.29. The molecule has 0 saturated heterocycles. The summed E-state index contributed by atoms with van der Waals surface area (Å²) < 4.78 is 12.8. The number of aromatic nitrogens is 1. The van der Waals surface area contributed by atoms with E-state index in [9.17, 15) is 9.18 Å². The third-order valence-corrected chi connectivity index (χ3v) is 2.47. The smallest absolute Gasteiger partial charge is 0.309 e. The van der Waals surface area contributed by atoms with Crippen molar-refractivity contribution >= 4 is 11.8 Å². The van der Waals surface area contributed by atoms with Gasteiger partial charge in [0, 0.05) is 5.56 Å². The molecule has 0 saturated carbocycles. The summed E-state index contributed by atoms with van der Waals surface area (Å²) in [4.78, 5) is 14.8. The molecule has 1 aromatic heterocycles.